The van der Waals surface area contributed by atoms with Crippen molar-refractivity contribution in [2.75, 3.05) is 19.4 Å². The lowest BCUT2D eigenvalue weighted by Crippen LogP contribution is -2.32. The Morgan fingerprint density at radius 3 is 2.76 bits per heavy atom. The number of rotatable bonds is 9. The average Bonchev–Trinajstić information content (AvgIpc) is 2.89. The van der Waals surface area contributed by atoms with Crippen molar-refractivity contribution in [3.63, 3.8) is 0 Å². The van der Waals surface area contributed by atoms with Crippen molar-refractivity contribution in [2.45, 2.75) is 58.9 Å². The minimum atomic E-state index is -2.70. The van der Waals surface area contributed by atoms with Crippen molar-refractivity contribution in [2.24, 2.45) is 0 Å². The summed E-state index contributed by atoms with van der Waals surface area (Å²) in [4.78, 5) is 11.6. The first-order valence-electron chi connectivity index (χ1n) is 7.93. The second kappa shape index (κ2) is 9.26. The van der Waals surface area contributed by atoms with E-state index in [1.807, 2.05) is 26.8 Å². The van der Waals surface area contributed by atoms with Crippen LogP contribution in [0.1, 0.15) is 52.9 Å². The number of carbonyl (C=O) groups excluding carboxylic acids is 1. The Hall–Kier alpha value is -0.800. The molecule has 1 aliphatic rings. The van der Waals surface area contributed by atoms with Crippen LogP contribution in [0.5, 0.6) is 0 Å². The smallest absolute Gasteiger partial charge is 0.407 e. The molecule has 0 radical (unpaired) electrons. The van der Waals surface area contributed by atoms with E-state index in [0.29, 0.717) is 19.4 Å². The molecule has 21 heavy (non-hydrogen) atoms. The number of carbonyl (C=O) groups is 1. The van der Waals surface area contributed by atoms with Gasteiger partial charge in [0.2, 0.25) is 7.37 Å². The Morgan fingerprint density at radius 2 is 2.14 bits per heavy atom. The van der Waals surface area contributed by atoms with E-state index >= 15 is 0 Å². The Balaban J connectivity index is 2.56. The van der Waals surface area contributed by atoms with Crippen molar-refractivity contribution in [3.8, 4) is 0 Å². The maximum absolute atomic E-state index is 12.8. The van der Waals surface area contributed by atoms with E-state index in [1.165, 1.54) is 0 Å². The largest absolute Gasteiger partial charge is 0.450 e. The molecule has 2 unspecified atom stereocenters. The van der Waals surface area contributed by atoms with E-state index in [9.17, 15) is 9.36 Å². The molecule has 0 saturated heterocycles. The van der Waals surface area contributed by atoms with Crippen molar-refractivity contribution in [3.05, 3.63) is 11.4 Å². The fraction of sp³-hybridized carbons (Fsp3) is 0.800. The number of alkyl carbamates (subject to hydrolysis) is 1. The van der Waals surface area contributed by atoms with E-state index in [-0.39, 0.29) is 6.04 Å². The van der Waals surface area contributed by atoms with Gasteiger partial charge in [-0.15, -0.1) is 0 Å². The first-order valence-corrected chi connectivity index (χ1v) is 9.74. The number of nitrogens with one attached hydrogen (secondary N) is 1. The molecule has 2 atom stereocenters. The number of ether oxygens (including phenoxy) is 1. The van der Waals surface area contributed by atoms with Crippen LogP contribution in [-0.4, -0.2) is 31.5 Å². The van der Waals surface area contributed by atoms with Crippen LogP contribution in [0, 0.1) is 0 Å². The number of amides is 1. The third-order valence-electron chi connectivity index (χ3n) is 3.43. The zero-order valence-electron chi connectivity index (χ0n) is 13.4. The van der Waals surface area contributed by atoms with Gasteiger partial charge in [0.25, 0.3) is 0 Å². The predicted octanol–water partition coefficient (Wildman–Crippen LogP) is 4.28. The molecule has 0 bridgehead atoms. The van der Waals surface area contributed by atoms with E-state index in [2.05, 4.69) is 5.32 Å². The normalized spacial score (nSPS) is 20.7. The second-order valence-electron chi connectivity index (χ2n) is 5.25. The minimum Gasteiger partial charge on any atom is -0.450 e. The van der Waals surface area contributed by atoms with Crippen LogP contribution in [0.3, 0.4) is 0 Å². The average molecular weight is 317 g/mol. The molecule has 0 aromatic rings. The van der Waals surface area contributed by atoms with Crippen LogP contribution in [0.15, 0.2) is 11.4 Å². The number of unbranched alkanes of at least 4 members (excludes halogenated alkanes) is 1. The van der Waals surface area contributed by atoms with Gasteiger partial charge in [0.15, 0.2) is 0 Å². The summed E-state index contributed by atoms with van der Waals surface area (Å²) in [6.07, 6.45) is 6.24. The first-order chi connectivity index (χ1) is 10.1. The van der Waals surface area contributed by atoms with Gasteiger partial charge in [-0.25, -0.2) is 4.79 Å². The maximum Gasteiger partial charge on any atom is 0.407 e. The van der Waals surface area contributed by atoms with Crippen LogP contribution < -0.4 is 5.32 Å². The summed E-state index contributed by atoms with van der Waals surface area (Å²) in [6, 6.07) is -0.0974. The highest BCUT2D eigenvalue weighted by molar-refractivity contribution is 7.63. The quantitative estimate of drug-likeness (QED) is 0.509. The third-order valence-corrected chi connectivity index (χ3v) is 6.39. The van der Waals surface area contributed by atoms with Crippen LogP contribution in [0.4, 0.5) is 4.79 Å². The number of hydrogen-bond donors (Lipinski definition) is 1. The van der Waals surface area contributed by atoms with Gasteiger partial charge < -0.3 is 14.6 Å². The van der Waals surface area contributed by atoms with Crippen LogP contribution in [0.25, 0.3) is 0 Å². The highest BCUT2D eigenvalue weighted by atomic mass is 31.2. The molecule has 1 amide bonds. The highest BCUT2D eigenvalue weighted by Gasteiger charge is 2.32. The summed E-state index contributed by atoms with van der Waals surface area (Å²) in [6.45, 7) is 6.80. The lowest BCUT2D eigenvalue weighted by Gasteiger charge is -2.18. The molecule has 0 aliphatic heterocycles. The van der Waals surface area contributed by atoms with Gasteiger partial charge in [-0.2, -0.15) is 0 Å². The summed E-state index contributed by atoms with van der Waals surface area (Å²) in [5.74, 6) is 0. The van der Waals surface area contributed by atoms with Crippen molar-refractivity contribution >= 4 is 13.5 Å². The van der Waals surface area contributed by atoms with Gasteiger partial charge in [-0.05, 0) is 32.6 Å². The molecule has 122 valence electrons. The van der Waals surface area contributed by atoms with Crippen molar-refractivity contribution in [1.29, 1.82) is 0 Å². The van der Waals surface area contributed by atoms with E-state index < -0.39 is 13.5 Å². The zero-order chi connectivity index (χ0) is 15.7. The molecule has 0 heterocycles. The lowest BCUT2D eigenvalue weighted by atomic mass is 10.3. The van der Waals surface area contributed by atoms with E-state index in [1.54, 1.807) is 0 Å². The molecule has 0 aromatic heterocycles. The Labute approximate surface area is 127 Å². The first kappa shape index (κ1) is 18.2. The Kier molecular flexibility index (Phi) is 8.05. The topological polar surface area (TPSA) is 64.6 Å². The monoisotopic (exact) mass is 317 g/mol. The van der Waals surface area contributed by atoms with Crippen LogP contribution in [0.2, 0.25) is 0 Å². The number of allylic oxidation sites excluding steroid dienone is 1. The lowest BCUT2D eigenvalue weighted by molar-refractivity contribution is 0.142. The summed E-state index contributed by atoms with van der Waals surface area (Å²) in [5, 5.41) is 3.68. The third kappa shape index (κ3) is 5.84. The predicted molar refractivity (Wildman–Crippen MR) is 84.9 cm³/mol. The molecule has 1 N–H and O–H groups in total. The minimum absolute atomic E-state index is 0.0974. The molecule has 0 fully saturated rings. The van der Waals surface area contributed by atoms with Crippen molar-refractivity contribution < 1.29 is 18.6 Å². The molecule has 1 rings (SSSR count). The fourth-order valence-electron chi connectivity index (χ4n) is 2.40. The zero-order valence-corrected chi connectivity index (χ0v) is 14.3. The summed E-state index contributed by atoms with van der Waals surface area (Å²) in [5.41, 5.74) is 0. The molecular weight excluding hydrogens is 289 g/mol. The summed E-state index contributed by atoms with van der Waals surface area (Å²) in [7, 11) is -2.70. The van der Waals surface area contributed by atoms with E-state index in [0.717, 1.165) is 37.4 Å². The molecule has 0 saturated carbocycles. The highest BCUT2D eigenvalue weighted by Crippen LogP contribution is 2.58. The van der Waals surface area contributed by atoms with Crippen LogP contribution in [-0.2, 0) is 13.8 Å². The summed E-state index contributed by atoms with van der Waals surface area (Å²) >= 11 is 0. The molecule has 5 nitrogen and oxygen atoms in total. The number of hydrogen-bond acceptors (Lipinski definition) is 4. The molecule has 0 aromatic carbocycles. The van der Waals surface area contributed by atoms with Gasteiger partial charge in [0, 0.05) is 11.5 Å². The van der Waals surface area contributed by atoms with Gasteiger partial charge >= 0.3 is 6.09 Å². The summed E-state index contributed by atoms with van der Waals surface area (Å²) < 4.78 is 23.4. The molecule has 6 heteroatoms. The van der Waals surface area contributed by atoms with Crippen molar-refractivity contribution in [1.82, 2.24) is 5.32 Å². The molecular formula is C15H28NO4P. The standard InChI is InChI=1S/C15H28NO4P/c1-4-7-10-19-15(17)16-13-8-9-14(12-13)21(18,11-5-2)20-6-3/h12-13H,4-11H2,1-3H3,(H,16,17). The molecule has 1 aliphatic carbocycles. The maximum atomic E-state index is 12.8. The van der Waals surface area contributed by atoms with Gasteiger partial charge in [-0.1, -0.05) is 26.3 Å². The van der Waals surface area contributed by atoms with Crippen LogP contribution >= 0.6 is 7.37 Å². The Bertz CT molecular complexity index is 398. The fourth-order valence-corrected chi connectivity index (χ4v) is 4.86. The van der Waals surface area contributed by atoms with E-state index in [4.69, 9.17) is 9.26 Å². The Morgan fingerprint density at radius 1 is 1.38 bits per heavy atom. The van der Waals surface area contributed by atoms with Gasteiger partial charge in [0.1, 0.15) is 0 Å². The second-order valence-corrected chi connectivity index (χ2v) is 7.88. The van der Waals surface area contributed by atoms with Gasteiger partial charge in [0.05, 0.1) is 19.3 Å². The SMILES string of the molecule is CCCCOC(=O)NC1C=C(P(=O)(CCC)OCC)CC1. The van der Waals surface area contributed by atoms with Gasteiger partial charge in [-0.3, -0.25) is 4.57 Å². The molecule has 0 spiro atoms.